The minimum absolute atomic E-state index is 0.0373. The van der Waals surface area contributed by atoms with Crippen LogP contribution in [0, 0.1) is 0 Å². The van der Waals surface area contributed by atoms with Crippen LogP contribution < -0.4 is 10.9 Å². The highest BCUT2D eigenvalue weighted by Gasteiger charge is 2.39. The molecule has 1 aliphatic rings. The Balaban J connectivity index is 2.20. The summed E-state index contributed by atoms with van der Waals surface area (Å²) in [5, 5.41) is 0. The van der Waals surface area contributed by atoms with E-state index in [0.717, 1.165) is 25.7 Å². The van der Waals surface area contributed by atoms with E-state index in [0.29, 0.717) is 6.54 Å². The number of likely N-dealkylation sites (tertiary alicyclic amines) is 1. The van der Waals surface area contributed by atoms with Crippen LogP contribution in [-0.2, 0) is 14.3 Å². The molecule has 1 saturated heterocycles. The van der Waals surface area contributed by atoms with Crippen LogP contribution in [0.25, 0.3) is 0 Å². The number of amides is 2. The van der Waals surface area contributed by atoms with Crippen molar-refractivity contribution in [3.63, 3.8) is 0 Å². The lowest BCUT2D eigenvalue weighted by molar-refractivity contribution is -0.143. The monoisotopic (exact) mass is 297 g/mol. The third kappa shape index (κ3) is 6.27. The van der Waals surface area contributed by atoms with Crippen molar-refractivity contribution in [2.75, 3.05) is 13.6 Å². The number of nitrogens with one attached hydrogen (secondary N) is 2. The summed E-state index contributed by atoms with van der Waals surface area (Å²) < 4.78 is 5.47. The van der Waals surface area contributed by atoms with Gasteiger partial charge in [-0.05, 0) is 33.1 Å². The van der Waals surface area contributed by atoms with Crippen molar-refractivity contribution in [1.29, 1.82) is 0 Å². The molecule has 0 aromatic heterocycles. The molecule has 0 radical (unpaired) electrons. The summed E-state index contributed by atoms with van der Waals surface area (Å²) in [7, 11) is 1.81. The van der Waals surface area contributed by atoms with Crippen molar-refractivity contribution in [2.24, 2.45) is 0 Å². The summed E-state index contributed by atoms with van der Waals surface area (Å²) in [6, 6.07) is 0. The minimum Gasteiger partial charge on any atom is -0.365 e. The van der Waals surface area contributed by atoms with E-state index in [1.54, 1.807) is 0 Å². The van der Waals surface area contributed by atoms with E-state index in [-0.39, 0.29) is 24.3 Å². The maximum atomic E-state index is 12.0. The highest BCUT2D eigenvalue weighted by atomic mass is 16.5. The fourth-order valence-electron chi connectivity index (χ4n) is 2.26. The van der Waals surface area contributed by atoms with E-state index in [4.69, 9.17) is 4.74 Å². The number of allylic oxidation sites excluding steroid dienone is 1. The maximum Gasteiger partial charge on any atom is 0.258 e. The van der Waals surface area contributed by atoms with Gasteiger partial charge >= 0.3 is 0 Å². The predicted octanol–water partition coefficient (Wildman–Crippen LogP) is 1.34. The van der Waals surface area contributed by atoms with Crippen LogP contribution in [-0.4, -0.2) is 42.5 Å². The smallest absolute Gasteiger partial charge is 0.258 e. The predicted molar refractivity (Wildman–Crippen MR) is 81.1 cm³/mol. The summed E-state index contributed by atoms with van der Waals surface area (Å²) in [6.45, 7) is 4.25. The second-order valence-corrected chi connectivity index (χ2v) is 5.41. The van der Waals surface area contributed by atoms with Crippen LogP contribution in [0.2, 0.25) is 0 Å². The van der Waals surface area contributed by atoms with Gasteiger partial charge in [0.2, 0.25) is 5.91 Å². The van der Waals surface area contributed by atoms with Gasteiger partial charge in [0.15, 0.2) is 0 Å². The maximum absolute atomic E-state index is 12.0. The number of rotatable bonds is 10. The summed E-state index contributed by atoms with van der Waals surface area (Å²) in [6.07, 6.45) is 7.36. The van der Waals surface area contributed by atoms with E-state index in [1.807, 2.05) is 27.1 Å². The molecule has 6 heteroatoms. The fourth-order valence-corrected chi connectivity index (χ4v) is 2.26. The molecule has 0 aromatic carbocycles. The van der Waals surface area contributed by atoms with E-state index >= 15 is 0 Å². The second kappa shape index (κ2) is 9.52. The van der Waals surface area contributed by atoms with Crippen LogP contribution in [0.4, 0.5) is 0 Å². The lowest BCUT2D eigenvalue weighted by Crippen LogP contribution is -2.34. The van der Waals surface area contributed by atoms with Gasteiger partial charge < -0.3 is 10.2 Å². The molecule has 120 valence electrons. The van der Waals surface area contributed by atoms with Gasteiger partial charge in [-0.3, -0.25) is 14.5 Å². The lowest BCUT2D eigenvalue weighted by Gasteiger charge is -2.16. The molecular weight excluding hydrogens is 270 g/mol. The molecule has 1 heterocycles. The zero-order valence-electron chi connectivity index (χ0n) is 13.2. The molecule has 1 unspecified atom stereocenters. The first kappa shape index (κ1) is 17.7. The second-order valence-electron chi connectivity index (χ2n) is 5.41. The van der Waals surface area contributed by atoms with Gasteiger partial charge in [-0.1, -0.05) is 12.5 Å². The number of imide groups is 1. The van der Waals surface area contributed by atoms with Crippen LogP contribution in [0.15, 0.2) is 12.3 Å². The first-order valence-corrected chi connectivity index (χ1v) is 7.63. The molecule has 0 aromatic rings. The van der Waals surface area contributed by atoms with Gasteiger partial charge in [-0.25, -0.2) is 5.43 Å². The zero-order chi connectivity index (χ0) is 15.7. The number of ether oxygens (including phenoxy) is 1. The van der Waals surface area contributed by atoms with E-state index in [2.05, 4.69) is 16.9 Å². The summed E-state index contributed by atoms with van der Waals surface area (Å²) in [5.41, 5.74) is 5.68. The Bertz CT molecular complexity index is 369. The van der Waals surface area contributed by atoms with E-state index in [9.17, 15) is 9.59 Å². The third-order valence-electron chi connectivity index (χ3n) is 3.24. The summed E-state index contributed by atoms with van der Waals surface area (Å²) >= 11 is 0. The van der Waals surface area contributed by atoms with Crippen molar-refractivity contribution in [3.05, 3.63) is 12.3 Å². The van der Waals surface area contributed by atoms with Gasteiger partial charge in [0.25, 0.3) is 5.91 Å². The number of hydrazine groups is 1. The Morgan fingerprint density at radius 3 is 2.76 bits per heavy atom. The Morgan fingerprint density at radius 1 is 1.33 bits per heavy atom. The number of nitrogens with zero attached hydrogens (tertiary/aromatic N) is 1. The zero-order valence-corrected chi connectivity index (χ0v) is 13.2. The first-order valence-electron chi connectivity index (χ1n) is 7.63. The van der Waals surface area contributed by atoms with Crippen molar-refractivity contribution in [1.82, 2.24) is 15.8 Å². The number of carbonyl (C=O) groups excluding carboxylic acids is 2. The number of carbonyl (C=O) groups is 2. The topological polar surface area (TPSA) is 70.7 Å². The minimum atomic E-state index is -0.576. The van der Waals surface area contributed by atoms with Gasteiger partial charge in [0.05, 0.1) is 12.5 Å². The number of hydrogen-bond acceptors (Lipinski definition) is 5. The van der Waals surface area contributed by atoms with Crippen molar-refractivity contribution >= 4 is 11.8 Å². The van der Waals surface area contributed by atoms with E-state index in [1.165, 1.54) is 4.90 Å². The molecule has 1 aliphatic heterocycles. The molecule has 0 bridgehead atoms. The molecule has 6 nitrogen and oxygen atoms in total. The van der Waals surface area contributed by atoms with Crippen molar-refractivity contribution in [3.8, 4) is 0 Å². The molecule has 2 amide bonds. The summed E-state index contributed by atoms with van der Waals surface area (Å²) in [4.78, 5) is 25.2. The van der Waals surface area contributed by atoms with Crippen molar-refractivity contribution < 1.29 is 14.3 Å². The first-order chi connectivity index (χ1) is 10.1. The molecule has 21 heavy (non-hydrogen) atoms. The fraction of sp³-hybridized carbons (Fsp3) is 0.733. The Hall–Kier alpha value is -1.40. The highest BCUT2D eigenvalue weighted by Crippen LogP contribution is 2.18. The lowest BCUT2D eigenvalue weighted by atomic mass is 10.2. The normalized spacial score (nSPS) is 19.2. The van der Waals surface area contributed by atoms with E-state index < -0.39 is 6.10 Å². The number of unbranched alkanes of at least 4 members (excludes halogenated alkanes) is 3. The number of hydrogen-bond donors (Lipinski definition) is 2. The molecule has 1 atom stereocenters. The molecule has 1 rings (SSSR count). The van der Waals surface area contributed by atoms with Crippen LogP contribution in [0.3, 0.4) is 0 Å². The third-order valence-corrected chi connectivity index (χ3v) is 3.24. The quantitative estimate of drug-likeness (QED) is 0.362. The molecule has 0 saturated carbocycles. The highest BCUT2D eigenvalue weighted by molar-refractivity contribution is 6.04. The molecule has 0 spiro atoms. The van der Waals surface area contributed by atoms with Gasteiger partial charge in [-0.2, -0.15) is 0 Å². The average molecular weight is 297 g/mol. The van der Waals surface area contributed by atoms with Gasteiger partial charge in [0.1, 0.15) is 6.10 Å². The summed E-state index contributed by atoms with van der Waals surface area (Å²) in [5.74, 6) is -0.282. The Morgan fingerprint density at radius 2 is 2.10 bits per heavy atom. The van der Waals surface area contributed by atoms with Crippen LogP contribution in [0.1, 0.15) is 46.0 Å². The van der Waals surface area contributed by atoms with Gasteiger partial charge in [0, 0.05) is 19.8 Å². The van der Waals surface area contributed by atoms with Gasteiger partial charge in [-0.15, -0.1) is 0 Å². The molecular formula is C15H27N3O3. The average Bonchev–Trinajstić information content (AvgIpc) is 2.68. The Kier molecular flexibility index (Phi) is 8.00. The standard InChI is InChI=1S/C15H27N3O3/c1-12(2)21-13-11-14(19)18(15(13)20)10-8-6-4-5-7-9-17-16-3/h7,9,12-13,16-17H,4-6,8,10-11H2,1-3H3. The molecule has 0 aliphatic carbocycles. The molecule has 2 N–H and O–H groups in total. The largest absolute Gasteiger partial charge is 0.365 e. The Labute approximate surface area is 126 Å². The van der Waals surface area contributed by atoms with Crippen LogP contribution >= 0.6 is 0 Å². The van der Waals surface area contributed by atoms with Crippen molar-refractivity contribution in [2.45, 2.75) is 58.2 Å². The molecule has 1 fully saturated rings. The SMILES string of the molecule is CNNC=CCCCCCN1C(=O)CC(OC(C)C)C1=O. The van der Waals surface area contributed by atoms with Crippen LogP contribution in [0.5, 0.6) is 0 Å².